The van der Waals surface area contributed by atoms with Gasteiger partial charge < -0.3 is 17.3 Å². The van der Waals surface area contributed by atoms with E-state index in [1.54, 1.807) is 18.2 Å². The molecule has 1 saturated carbocycles. The number of fused-ring (bicyclic) bond motifs is 1. The second kappa shape index (κ2) is 7.74. The van der Waals surface area contributed by atoms with Crippen LogP contribution in [-0.4, -0.2) is 7.25 Å². The van der Waals surface area contributed by atoms with Crippen LogP contribution < -0.4 is 0 Å². The normalized spacial score (nSPS) is 17.4. The molecule has 10 heteroatoms. The topological polar surface area (TPSA) is 0 Å². The highest BCUT2D eigenvalue weighted by Crippen LogP contribution is 2.55. The van der Waals surface area contributed by atoms with E-state index in [4.69, 9.17) is 11.6 Å². The molecule has 3 rings (SSSR count). The van der Waals surface area contributed by atoms with Gasteiger partial charge >= 0.3 is 12.8 Å². The lowest BCUT2D eigenvalue weighted by Gasteiger charge is -2.18. The summed E-state index contributed by atoms with van der Waals surface area (Å²) in [4.78, 5) is 0.578. The number of benzene rings is 1. The van der Waals surface area contributed by atoms with Crippen molar-refractivity contribution in [3.8, 4) is 0 Å². The summed E-state index contributed by atoms with van der Waals surface area (Å²) < 4.78 is 79.9. The van der Waals surface area contributed by atoms with E-state index in [0.29, 0.717) is 20.0 Å². The van der Waals surface area contributed by atoms with Crippen molar-refractivity contribution in [3.63, 3.8) is 0 Å². The molecule has 0 radical (unpaired) electrons. The van der Waals surface area contributed by atoms with Gasteiger partial charge in [-0.1, -0.05) is 30.9 Å². The summed E-state index contributed by atoms with van der Waals surface area (Å²) in [5.41, 5.74) is -4.21. The third kappa shape index (κ3) is 5.77. The molecular formula is C15H15BClF7S. The molecule has 1 aliphatic carbocycles. The summed E-state index contributed by atoms with van der Waals surface area (Å²) >= 11 is 5.89. The summed E-state index contributed by atoms with van der Waals surface area (Å²) in [6, 6.07) is 6.62. The van der Waals surface area contributed by atoms with Gasteiger partial charge in [0.1, 0.15) is 0 Å². The van der Waals surface area contributed by atoms with Crippen LogP contribution in [0.15, 0.2) is 24.3 Å². The highest BCUT2D eigenvalue weighted by Gasteiger charge is 2.49. The fourth-order valence-electron chi connectivity index (χ4n) is 3.07. The van der Waals surface area contributed by atoms with Crippen molar-refractivity contribution in [2.75, 3.05) is 0 Å². The number of hydrogen-bond acceptors (Lipinski definition) is 0. The maximum absolute atomic E-state index is 13.5. The largest absolute Gasteiger partial charge is 0.673 e. The molecular weight excluding hydrogens is 391 g/mol. The second-order valence-corrected chi connectivity index (χ2v) is 8.23. The van der Waals surface area contributed by atoms with Crippen LogP contribution in [0.5, 0.6) is 0 Å². The van der Waals surface area contributed by atoms with Crippen LogP contribution in [0.4, 0.5) is 30.4 Å². The fraction of sp³-hybridized carbons (Fsp3) is 0.467. The van der Waals surface area contributed by atoms with E-state index in [2.05, 4.69) is 0 Å². The molecule has 0 spiro atoms. The first kappa shape index (κ1) is 20.4. The first-order valence-corrected chi connectivity index (χ1v) is 9.26. The van der Waals surface area contributed by atoms with Gasteiger partial charge in [-0.15, -0.1) is 13.2 Å². The minimum atomic E-state index is -6.00. The minimum absolute atomic E-state index is 0.0832. The van der Waals surface area contributed by atoms with Crippen LogP contribution in [0.25, 0.3) is 10.1 Å². The molecule has 0 nitrogen and oxygen atoms in total. The maximum Gasteiger partial charge on any atom is 0.673 e. The third-order valence-electron chi connectivity index (χ3n) is 3.97. The van der Waals surface area contributed by atoms with Gasteiger partial charge in [0, 0.05) is 28.5 Å². The average molecular weight is 407 g/mol. The summed E-state index contributed by atoms with van der Waals surface area (Å²) in [6.07, 6.45) is 4.98. The number of hydrogen-bond donors (Lipinski definition) is 0. The highest BCUT2D eigenvalue weighted by molar-refractivity contribution is 7.38. The molecule has 0 aliphatic heterocycles. The molecule has 1 aromatic heterocycles. The predicted octanol–water partition coefficient (Wildman–Crippen LogP) is 8.07. The van der Waals surface area contributed by atoms with Gasteiger partial charge in [-0.3, -0.25) is 0 Å². The Hall–Kier alpha value is -0.955. The van der Waals surface area contributed by atoms with E-state index < -0.39 is 23.2 Å². The minimum Gasteiger partial charge on any atom is -0.418 e. The molecule has 140 valence electrons. The lowest BCUT2D eigenvalue weighted by atomic mass is 9.88. The molecule has 25 heavy (non-hydrogen) atoms. The number of rotatable bonds is 1. The van der Waals surface area contributed by atoms with E-state index in [0.717, 1.165) is 32.1 Å². The van der Waals surface area contributed by atoms with Crippen molar-refractivity contribution < 1.29 is 30.4 Å². The standard InChI is InChI=1S/C15H15ClF3S.BF4/c16-12-7-6-11-8-13(10-4-2-1-3-5-10)20(14(11)9-12)15(17,18)19;2-1(3,4)5/h6-10H,1-5H2;/q+1;-1. The van der Waals surface area contributed by atoms with Crippen LogP contribution in [0.3, 0.4) is 0 Å². The van der Waals surface area contributed by atoms with Crippen molar-refractivity contribution in [3.05, 3.63) is 34.2 Å². The molecule has 1 heterocycles. The van der Waals surface area contributed by atoms with E-state index in [1.165, 1.54) is 6.07 Å². The molecule has 0 N–H and O–H groups in total. The number of halogens is 8. The SMILES string of the molecule is FC(F)(F)[s+]1c(C2CCCCC2)cc2ccc(Cl)cc21.F[B-](F)(F)F. The van der Waals surface area contributed by atoms with Crippen LogP contribution in [0.2, 0.25) is 5.02 Å². The van der Waals surface area contributed by atoms with Crippen molar-refractivity contribution in [1.29, 1.82) is 0 Å². The third-order valence-corrected chi connectivity index (χ3v) is 6.38. The van der Waals surface area contributed by atoms with Crippen LogP contribution >= 0.6 is 22.1 Å². The van der Waals surface area contributed by atoms with Crippen molar-refractivity contribution in [2.45, 2.75) is 43.5 Å². The summed E-state index contributed by atoms with van der Waals surface area (Å²) in [7, 11) is -7.79. The van der Waals surface area contributed by atoms with Crippen molar-refractivity contribution in [2.24, 2.45) is 0 Å². The Bertz CT molecular complexity index is 711. The molecule has 1 fully saturated rings. The molecule has 1 aliphatic rings. The Labute approximate surface area is 148 Å². The molecule has 0 saturated heterocycles. The summed E-state index contributed by atoms with van der Waals surface area (Å²) in [6.45, 7) is 0. The monoisotopic (exact) mass is 406 g/mol. The second-order valence-electron chi connectivity index (χ2n) is 5.81. The maximum atomic E-state index is 13.5. The zero-order valence-corrected chi connectivity index (χ0v) is 14.5. The Morgan fingerprint density at radius 2 is 1.52 bits per heavy atom. The molecule has 1 atom stereocenters. The van der Waals surface area contributed by atoms with Gasteiger partial charge in [0.15, 0.2) is 9.58 Å². The van der Waals surface area contributed by atoms with Gasteiger partial charge in [-0.2, -0.15) is 0 Å². The van der Waals surface area contributed by atoms with Gasteiger partial charge in [0.05, 0.1) is 10.5 Å². The zero-order chi connectivity index (χ0) is 18.8. The first-order chi connectivity index (χ1) is 11.5. The van der Waals surface area contributed by atoms with E-state index >= 15 is 0 Å². The Balaban J connectivity index is 0.000000399. The lowest BCUT2D eigenvalue weighted by Crippen LogP contribution is -2.06. The Kier molecular flexibility index (Phi) is 6.30. The Morgan fingerprint density at radius 1 is 0.960 bits per heavy atom. The highest BCUT2D eigenvalue weighted by atomic mass is 35.5. The summed E-state index contributed by atoms with van der Waals surface area (Å²) in [5, 5.41) is 1.07. The number of alkyl halides is 3. The van der Waals surface area contributed by atoms with E-state index in [1.807, 2.05) is 0 Å². The first-order valence-electron chi connectivity index (χ1n) is 7.66. The van der Waals surface area contributed by atoms with Crippen molar-refractivity contribution in [1.82, 2.24) is 0 Å². The van der Waals surface area contributed by atoms with E-state index in [-0.39, 0.29) is 5.92 Å². The lowest BCUT2D eigenvalue weighted by molar-refractivity contribution is -0.0868. The molecule has 1 aromatic carbocycles. The quantitative estimate of drug-likeness (QED) is 0.255. The fourth-order valence-corrected chi connectivity index (χ4v) is 5.50. The molecule has 0 amide bonds. The van der Waals surface area contributed by atoms with Gasteiger partial charge in [-0.25, -0.2) is 0 Å². The van der Waals surface area contributed by atoms with Gasteiger partial charge in [-0.05, 0) is 25.0 Å². The van der Waals surface area contributed by atoms with Gasteiger partial charge in [0.25, 0.3) is 0 Å². The zero-order valence-electron chi connectivity index (χ0n) is 12.9. The van der Waals surface area contributed by atoms with Crippen molar-refractivity contribution >= 4 is 39.4 Å². The van der Waals surface area contributed by atoms with Crippen LogP contribution in [-0.2, 0) is 5.51 Å². The Morgan fingerprint density at radius 3 is 2.04 bits per heavy atom. The molecule has 2 aromatic rings. The van der Waals surface area contributed by atoms with Gasteiger partial charge in [0.2, 0.25) is 0 Å². The average Bonchev–Trinajstić information content (AvgIpc) is 2.85. The van der Waals surface area contributed by atoms with Crippen LogP contribution in [0.1, 0.15) is 42.9 Å². The van der Waals surface area contributed by atoms with E-state index in [9.17, 15) is 30.4 Å². The molecule has 1 unspecified atom stereocenters. The predicted molar refractivity (Wildman–Crippen MR) is 88.7 cm³/mol. The van der Waals surface area contributed by atoms with Crippen LogP contribution in [0, 0.1) is 0 Å². The smallest absolute Gasteiger partial charge is 0.418 e. The molecule has 0 bridgehead atoms. The summed E-state index contributed by atoms with van der Waals surface area (Å²) in [5.74, 6) is 0.0832. The number of thiophene rings is 1.